The molecule has 2 aromatic heterocycles. The van der Waals surface area contributed by atoms with E-state index in [-0.39, 0.29) is 0 Å². The van der Waals surface area contributed by atoms with Gasteiger partial charge in [-0.3, -0.25) is 5.10 Å². The first-order valence-corrected chi connectivity index (χ1v) is 10.7. The number of fused-ring (bicyclic) bond motifs is 1. The summed E-state index contributed by atoms with van der Waals surface area (Å²) >= 11 is 0. The summed E-state index contributed by atoms with van der Waals surface area (Å²) in [4.78, 5) is 11.7. The Morgan fingerprint density at radius 1 is 1.03 bits per heavy atom. The zero-order valence-electron chi connectivity index (χ0n) is 17.0. The molecule has 2 fully saturated rings. The highest BCUT2D eigenvalue weighted by atomic mass is 16.5. The van der Waals surface area contributed by atoms with Gasteiger partial charge >= 0.3 is 0 Å². The summed E-state index contributed by atoms with van der Waals surface area (Å²) in [5.74, 6) is 1.35. The van der Waals surface area contributed by atoms with Crippen molar-refractivity contribution in [1.29, 1.82) is 0 Å². The molecule has 3 heterocycles. The molecule has 0 atom stereocenters. The van der Waals surface area contributed by atoms with E-state index in [9.17, 15) is 0 Å². The van der Waals surface area contributed by atoms with Gasteiger partial charge in [0, 0.05) is 36.5 Å². The van der Waals surface area contributed by atoms with Crippen LogP contribution < -0.4 is 21.3 Å². The number of nitrogens with two attached hydrogens (primary N) is 1. The van der Waals surface area contributed by atoms with E-state index in [1.807, 2.05) is 0 Å². The van der Waals surface area contributed by atoms with Crippen LogP contribution >= 0.6 is 0 Å². The van der Waals surface area contributed by atoms with Crippen molar-refractivity contribution in [1.82, 2.24) is 20.2 Å². The average molecular weight is 409 g/mol. The third-order valence-electron chi connectivity index (χ3n) is 5.92. The number of morpholine rings is 1. The molecule has 1 saturated heterocycles. The van der Waals surface area contributed by atoms with Crippen LogP contribution in [0.15, 0.2) is 30.5 Å². The van der Waals surface area contributed by atoms with E-state index in [2.05, 4.69) is 55.0 Å². The number of aromatic amines is 1. The molecule has 30 heavy (non-hydrogen) atoms. The van der Waals surface area contributed by atoms with Gasteiger partial charge in [-0.1, -0.05) is 0 Å². The molecule has 5 N–H and O–H groups in total. The van der Waals surface area contributed by atoms with Crippen LogP contribution in [0.3, 0.4) is 0 Å². The number of nitrogens with zero attached hydrogens (tertiary/aromatic N) is 4. The summed E-state index contributed by atoms with van der Waals surface area (Å²) in [6, 6.07) is 9.04. The minimum atomic E-state index is 0.319. The van der Waals surface area contributed by atoms with Gasteiger partial charge in [0.1, 0.15) is 5.82 Å². The van der Waals surface area contributed by atoms with Gasteiger partial charge < -0.3 is 26.0 Å². The summed E-state index contributed by atoms with van der Waals surface area (Å²) in [7, 11) is 0. The van der Waals surface area contributed by atoms with Gasteiger partial charge in [-0.15, -0.1) is 0 Å². The lowest BCUT2D eigenvalue weighted by Gasteiger charge is -2.29. The smallest absolute Gasteiger partial charge is 0.231 e. The molecule has 1 aliphatic carbocycles. The Balaban J connectivity index is 1.33. The van der Waals surface area contributed by atoms with E-state index in [1.165, 1.54) is 5.69 Å². The van der Waals surface area contributed by atoms with Crippen LogP contribution in [0.5, 0.6) is 0 Å². The summed E-state index contributed by atoms with van der Waals surface area (Å²) in [6.45, 7) is 3.41. The molecule has 9 nitrogen and oxygen atoms in total. The fraction of sp³-hybridized carbons (Fsp3) is 0.476. The second-order valence-electron chi connectivity index (χ2n) is 8.06. The fourth-order valence-corrected chi connectivity index (χ4v) is 4.16. The molecule has 2 aliphatic rings. The largest absolute Gasteiger partial charge is 0.378 e. The molecule has 5 rings (SSSR count). The highest BCUT2D eigenvalue weighted by Gasteiger charge is 2.20. The molecular weight excluding hydrogens is 380 g/mol. The minimum absolute atomic E-state index is 0.319. The van der Waals surface area contributed by atoms with Crippen LogP contribution in [-0.2, 0) is 4.74 Å². The van der Waals surface area contributed by atoms with Crippen molar-refractivity contribution in [2.24, 2.45) is 5.73 Å². The summed E-state index contributed by atoms with van der Waals surface area (Å²) in [5.41, 5.74) is 8.91. The Hall–Kier alpha value is -2.91. The van der Waals surface area contributed by atoms with Crippen LogP contribution in [-0.4, -0.2) is 58.6 Å². The highest BCUT2D eigenvalue weighted by molar-refractivity contribution is 5.87. The SMILES string of the molecule is NC1CCC(Nc2nc(Nc3ccc(N4CCOCC4)cc3)nc3[nH]ncc23)CC1. The van der Waals surface area contributed by atoms with Crippen molar-refractivity contribution in [2.45, 2.75) is 37.8 Å². The lowest BCUT2D eigenvalue weighted by Crippen LogP contribution is -2.36. The highest BCUT2D eigenvalue weighted by Crippen LogP contribution is 2.27. The van der Waals surface area contributed by atoms with Crippen molar-refractivity contribution in [3.63, 3.8) is 0 Å². The summed E-state index contributed by atoms with van der Waals surface area (Å²) in [5, 5.41) is 14.9. The van der Waals surface area contributed by atoms with Crippen LogP contribution in [0, 0.1) is 0 Å². The van der Waals surface area contributed by atoms with E-state index in [0.717, 1.165) is 68.9 Å². The van der Waals surface area contributed by atoms with Crippen LogP contribution in [0.4, 0.5) is 23.1 Å². The van der Waals surface area contributed by atoms with E-state index in [1.54, 1.807) is 6.20 Å². The minimum Gasteiger partial charge on any atom is -0.378 e. The Morgan fingerprint density at radius 2 is 1.80 bits per heavy atom. The van der Waals surface area contributed by atoms with Crippen molar-refractivity contribution < 1.29 is 4.74 Å². The Morgan fingerprint density at radius 3 is 2.57 bits per heavy atom. The molecule has 0 amide bonds. The number of hydrogen-bond donors (Lipinski definition) is 4. The third-order valence-corrected chi connectivity index (χ3v) is 5.92. The van der Waals surface area contributed by atoms with Crippen LogP contribution in [0.25, 0.3) is 11.0 Å². The topological polar surface area (TPSA) is 117 Å². The lowest BCUT2D eigenvalue weighted by atomic mass is 9.92. The Labute approximate surface area is 175 Å². The fourth-order valence-electron chi connectivity index (χ4n) is 4.16. The van der Waals surface area contributed by atoms with Gasteiger partial charge in [0.2, 0.25) is 5.95 Å². The van der Waals surface area contributed by atoms with Crippen molar-refractivity contribution in [2.75, 3.05) is 41.8 Å². The number of ether oxygens (including phenoxy) is 1. The molecule has 1 aliphatic heterocycles. The normalized spacial score (nSPS) is 22.2. The van der Waals surface area contributed by atoms with Crippen molar-refractivity contribution in [3.05, 3.63) is 30.5 Å². The molecule has 9 heteroatoms. The number of rotatable bonds is 5. The lowest BCUT2D eigenvalue weighted by molar-refractivity contribution is 0.122. The molecule has 1 aromatic carbocycles. The zero-order chi connectivity index (χ0) is 20.3. The van der Waals surface area contributed by atoms with Crippen molar-refractivity contribution >= 4 is 34.2 Å². The van der Waals surface area contributed by atoms with Crippen molar-refractivity contribution in [3.8, 4) is 0 Å². The quantitative estimate of drug-likeness (QED) is 0.509. The maximum atomic E-state index is 6.04. The van der Waals surface area contributed by atoms with Gasteiger partial charge in [-0.25, -0.2) is 0 Å². The second kappa shape index (κ2) is 8.45. The predicted molar refractivity (Wildman–Crippen MR) is 118 cm³/mol. The molecule has 0 unspecified atom stereocenters. The number of benzene rings is 1. The number of anilines is 4. The van der Waals surface area contributed by atoms with E-state index in [0.29, 0.717) is 23.7 Å². The third kappa shape index (κ3) is 4.17. The number of nitrogens with one attached hydrogen (secondary N) is 3. The predicted octanol–water partition coefficient (Wildman–Crippen LogP) is 2.61. The first-order valence-electron chi connectivity index (χ1n) is 10.7. The standard InChI is InChI=1S/C21H28N8O/c22-14-1-3-15(4-2-14)24-19-18-13-23-28-20(18)27-21(26-19)25-16-5-7-17(8-6-16)29-9-11-30-12-10-29/h5-8,13-15H,1-4,9-12,22H2,(H3,23,24,25,26,27,28). The van der Waals surface area contributed by atoms with E-state index < -0.39 is 0 Å². The second-order valence-corrected chi connectivity index (χ2v) is 8.06. The van der Waals surface area contributed by atoms with Crippen LogP contribution in [0.2, 0.25) is 0 Å². The van der Waals surface area contributed by atoms with Gasteiger partial charge in [0.15, 0.2) is 5.65 Å². The average Bonchev–Trinajstić information content (AvgIpc) is 3.25. The number of H-pyrrole nitrogens is 1. The number of aromatic nitrogens is 4. The first-order chi connectivity index (χ1) is 14.7. The molecule has 1 saturated carbocycles. The molecule has 0 bridgehead atoms. The molecule has 0 radical (unpaired) electrons. The summed E-state index contributed by atoms with van der Waals surface area (Å²) in [6.07, 6.45) is 5.95. The first kappa shape index (κ1) is 19.1. The number of hydrogen-bond acceptors (Lipinski definition) is 8. The monoisotopic (exact) mass is 408 g/mol. The van der Waals surface area contributed by atoms with Gasteiger partial charge in [-0.05, 0) is 49.9 Å². The Bertz CT molecular complexity index is 974. The maximum Gasteiger partial charge on any atom is 0.231 e. The van der Waals surface area contributed by atoms with E-state index >= 15 is 0 Å². The molecule has 3 aromatic rings. The molecular formula is C21H28N8O. The van der Waals surface area contributed by atoms with Gasteiger partial charge in [0.25, 0.3) is 0 Å². The molecule has 0 spiro atoms. The maximum absolute atomic E-state index is 6.04. The zero-order valence-corrected chi connectivity index (χ0v) is 17.0. The van der Waals surface area contributed by atoms with Crippen LogP contribution in [0.1, 0.15) is 25.7 Å². The van der Waals surface area contributed by atoms with E-state index in [4.69, 9.17) is 15.5 Å². The summed E-state index contributed by atoms with van der Waals surface area (Å²) < 4.78 is 5.43. The molecule has 158 valence electrons. The Kier molecular flexibility index (Phi) is 5.37. The van der Waals surface area contributed by atoms with Gasteiger partial charge in [-0.2, -0.15) is 15.1 Å². The van der Waals surface area contributed by atoms with Gasteiger partial charge in [0.05, 0.1) is 24.8 Å².